The predicted octanol–water partition coefficient (Wildman–Crippen LogP) is 3.93. The van der Waals surface area contributed by atoms with Gasteiger partial charge in [0.25, 0.3) is 0 Å². The van der Waals surface area contributed by atoms with Gasteiger partial charge in [0.2, 0.25) is 0 Å². The first-order valence-corrected chi connectivity index (χ1v) is 7.20. The first-order valence-electron chi connectivity index (χ1n) is 6.15. The van der Waals surface area contributed by atoms with Gasteiger partial charge in [-0.25, -0.2) is 4.39 Å². The molecule has 3 heteroatoms. The molecular formula is C14H22FNS. The van der Waals surface area contributed by atoms with Gasteiger partial charge in [-0.15, -0.1) is 0 Å². The van der Waals surface area contributed by atoms with Crippen molar-refractivity contribution in [2.24, 2.45) is 0 Å². The van der Waals surface area contributed by atoms with Crippen molar-refractivity contribution in [1.29, 1.82) is 0 Å². The number of benzene rings is 1. The monoisotopic (exact) mass is 255 g/mol. The van der Waals surface area contributed by atoms with Crippen LogP contribution in [0.25, 0.3) is 0 Å². The van der Waals surface area contributed by atoms with Crippen molar-refractivity contribution in [1.82, 2.24) is 5.32 Å². The van der Waals surface area contributed by atoms with Crippen molar-refractivity contribution in [3.8, 4) is 0 Å². The molecule has 1 rings (SSSR count). The van der Waals surface area contributed by atoms with Crippen molar-refractivity contribution < 1.29 is 4.39 Å². The maximum Gasteiger partial charge on any atom is 0.123 e. The Hall–Kier alpha value is -0.540. The fraction of sp³-hybridized carbons (Fsp3) is 0.571. The minimum absolute atomic E-state index is 0.155. The summed E-state index contributed by atoms with van der Waals surface area (Å²) in [5.41, 5.74) is 2.24. The van der Waals surface area contributed by atoms with E-state index in [1.165, 1.54) is 5.56 Å². The standard InChI is InChI=1S/C14H22FNS/c1-5-16-14(9-17-10(2)3)13-7-6-12(15)8-11(13)4/h6-8,10,14,16H,5,9H2,1-4H3. The van der Waals surface area contributed by atoms with E-state index >= 15 is 0 Å². The second kappa shape index (κ2) is 7.02. The molecule has 0 aromatic heterocycles. The molecule has 17 heavy (non-hydrogen) atoms. The summed E-state index contributed by atoms with van der Waals surface area (Å²) in [5.74, 6) is 0.871. The highest BCUT2D eigenvalue weighted by molar-refractivity contribution is 7.99. The van der Waals surface area contributed by atoms with Crippen LogP contribution in [-0.4, -0.2) is 17.5 Å². The lowest BCUT2D eigenvalue weighted by Gasteiger charge is -2.21. The minimum Gasteiger partial charge on any atom is -0.310 e. The fourth-order valence-corrected chi connectivity index (χ4v) is 2.70. The van der Waals surface area contributed by atoms with Gasteiger partial charge in [-0.2, -0.15) is 11.8 Å². The van der Waals surface area contributed by atoms with Gasteiger partial charge >= 0.3 is 0 Å². The van der Waals surface area contributed by atoms with Gasteiger partial charge in [0.05, 0.1) is 0 Å². The van der Waals surface area contributed by atoms with Crippen LogP contribution in [0.15, 0.2) is 18.2 Å². The second-order valence-corrected chi connectivity index (χ2v) is 6.10. The maximum absolute atomic E-state index is 13.1. The lowest BCUT2D eigenvalue weighted by atomic mass is 10.0. The van der Waals surface area contributed by atoms with E-state index < -0.39 is 0 Å². The minimum atomic E-state index is -0.155. The van der Waals surface area contributed by atoms with E-state index in [-0.39, 0.29) is 5.82 Å². The van der Waals surface area contributed by atoms with Crippen LogP contribution in [0.3, 0.4) is 0 Å². The Labute approximate surface area is 108 Å². The first-order chi connectivity index (χ1) is 8.04. The zero-order valence-corrected chi connectivity index (χ0v) is 11.9. The van der Waals surface area contributed by atoms with Gasteiger partial charge in [0.15, 0.2) is 0 Å². The van der Waals surface area contributed by atoms with Crippen molar-refractivity contribution in [2.75, 3.05) is 12.3 Å². The Bertz CT molecular complexity index is 352. The van der Waals surface area contributed by atoms with Crippen LogP contribution in [0.1, 0.15) is 37.9 Å². The fourth-order valence-electron chi connectivity index (χ4n) is 1.82. The van der Waals surface area contributed by atoms with Gasteiger partial charge in [-0.3, -0.25) is 0 Å². The van der Waals surface area contributed by atoms with Crippen LogP contribution in [0.4, 0.5) is 4.39 Å². The quantitative estimate of drug-likeness (QED) is 0.826. The summed E-state index contributed by atoms with van der Waals surface area (Å²) in [6.45, 7) is 9.41. The van der Waals surface area contributed by atoms with Gasteiger partial charge in [-0.1, -0.05) is 26.8 Å². The highest BCUT2D eigenvalue weighted by atomic mass is 32.2. The molecule has 1 nitrogen and oxygen atoms in total. The number of rotatable bonds is 6. The number of hydrogen-bond acceptors (Lipinski definition) is 2. The third-order valence-corrected chi connectivity index (χ3v) is 3.85. The van der Waals surface area contributed by atoms with E-state index in [1.54, 1.807) is 12.1 Å². The average molecular weight is 255 g/mol. The van der Waals surface area contributed by atoms with E-state index in [0.717, 1.165) is 17.9 Å². The number of aryl methyl sites for hydroxylation is 1. The number of thioether (sulfide) groups is 1. The van der Waals surface area contributed by atoms with Crippen molar-refractivity contribution in [3.63, 3.8) is 0 Å². The first kappa shape index (κ1) is 14.5. The number of halogens is 1. The van der Waals surface area contributed by atoms with E-state index in [1.807, 2.05) is 24.8 Å². The molecule has 0 fully saturated rings. The Morgan fingerprint density at radius 2 is 2.06 bits per heavy atom. The van der Waals surface area contributed by atoms with E-state index in [2.05, 4.69) is 26.1 Å². The second-order valence-electron chi connectivity index (χ2n) is 4.49. The van der Waals surface area contributed by atoms with Gasteiger partial charge < -0.3 is 5.32 Å². The summed E-state index contributed by atoms with van der Waals surface area (Å²) >= 11 is 1.93. The molecule has 0 bridgehead atoms. The molecule has 0 aliphatic carbocycles. The molecule has 0 spiro atoms. The Kier molecular flexibility index (Phi) is 6.00. The molecule has 1 N–H and O–H groups in total. The summed E-state index contributed by atoms with van der Waals surface area (Å²) in [6, 6.07) is 5.37. The zero-order valence-electron chi connectivity index (χ0n) is 11.1. The summed E-state index contributed by atoms with van der Waals surface area (Å²) < 4.78 is 13.1. The zero-order chi connectivity index (χ0) is 12.8. The van der Waals surface area contributed by atoms with Gasteiger partial charge in [0.1, 0.15) is 5.82 Å². The van der Waals surface area contributed by atoms with Gasteiger partial charge in [0, 0.05) is 11.8 Å². The highest BCUT2D eigenvalue weighted by Crippen LogP contribution is 2.24. The number of nitrogens with one attached hydrogen (secondary N) is 1. The summed E-state index contributed by atoms with van der Waals surface area (Å²) in [7, 11) is 0. The Balaban J connectivity index is 2.81. The molecule has 0 saturated heterocycles. The topological polar surface area (TPSA) is 12.0 Å². The van der Waals surface area contributed by atoms with E-state index in [0.29, 0.717) is 11.3 Å². The average Bonchev–Trinajstić information content (AvgIpc) is 2.24. The molecule has 0 aliphatic heterocycles. The molecule has 1 atom stereocenters. The van der Waals surface area contributed by atoms with Crippen LogP contribution in [0.5, 0.6) is 0 Å². The molecule has 0 saturated carbocycles. The molecule has 0 radical (unpaired) electrons. The molecule has 0 heterocycles. The number of hydrogen-bond donors (Lipinski definition) is 1. The molecule has 0 aliphatic rings. The highest BCUT2D eigenvalue weighted by Gasteiger charge is 2.13. The third-order valence-electron chi connectivity index (χ3n) is 2.65. The normalized spacial score (nSPS) is 13.1. The van der Waals surface area contributed by atoms with Crippen molar-refractivity contribution >= 4 is 11.8 Å². The molecule has 96 valence electrons. The van der Waals surface area contributed by atoms with Crippen molar-refractivity contribution in [3.05, 3.63) is 35.1 Å². The van der Waals surface area contributed by atoms with Crippen LogP contribution in [0.2, 0.25) is 0 Å². The molecule has 0 amide bonds. The lowest BCUT2D eigenvalue weighted by molar-refractivity contribution is 0.594. The predicted molar refractivity (Wildman–Crippen MR) is 75.1 cm³/mol. The Morgan fingerprint density at radius 1 is 1.35 bits per heavy atom. The smallest absolute Gasteiger partial charge is 0.123 e. The van der Waals surface area contributed by atoms with Crippen LogP contribution >= 0.6 is 11.8 Å². The van der Waals surface area contributed by atoms with E-state index in [4.69, 9.17) is 0 Å². The molecular weight excluding hydrogens is 233 g/mol. The molecule has 1 aromatic carbocycles. The Morgan fingerprint density at radius 3 is 2.59 bits per heavy atom. The largest absolute Gasteiger partial charge is 0.310 e. The summed E-state index contributed by atoms with van der Waals surface area (Å²) in [6.07, 6.45) is 0. The van der Waals surface area contributed by atoms with Crippen LogP contribution in [0, 0.1) is 12.7 Å². The third kappa shape index (κ3) is 4.68. The molecule has 1 unspecified atom stereocenters. The van der Waals surface area contributed by atoms with Gasteiger partial charge in [-0.05, 0) is 42.0 Å². The van der Waals surface area contributed by atoms with E-state index in [9.17, 15) is 4.39 Å². The SMILES string of the molecule is CCNC(CSC(C)C)c1ccc(F)cc1C. The summed E-state index contributed by atoms with van der Waals surface area (Å²) in [4.78, 5) is 0. The van der Waals surface area contributed by atoms with Crippen LogP contribution < -0.4 is 5.32 Å². The van der Waals surface area contributed by atoms with Crippen LogP contribution in [-0.2, 0) is 0 Å². The molecule has 1 aromatic rings. The lowest BCUT2D eigenvalue weighted by Crippen LogP contribution is -2.24. The maximum atomic E-state index is 13.1. The van der Waals surface area contributed by atoms with Crippen molar-refractivity contribution in [2.45, 2.75) is 39.0 Å². The summed E-state index contributed by atoms with van der Waals surface area (Å²) in [5, 5.41) is 4.09.